The van der Waals surface area contributed by atoms with E-state index in [4.69, 9.17) is 9.47 Å². The number of aryl methyl sites for hydroxylation is 1. The number of carbonyl (C=O) groups is 1. The molecule has 0 aliphatic heterocycles. The standard InChI is InChI=1S/C28H27F3O3/c1-3-33-25-15-12-21(16-24(25)29)34-28(32)20-10-8-19(9-11-20)23-14-13-22(26(30)27(23)31)18-6-4-17(2)5-7-18/h4-7,12-16,19-20H,3,8-11H2,1-2H3. The molecule has 3 aromatic rings. The van der Waals surface area contributed by atoms with Crippen molar-refractivity contribution in [2.45, 2.75) is 45.4 Å². The van der Waals surface area contributed by atoms with E-state index in [1.165, 1.54) is 12.1 Å². The van der Waals surface area contributed by atoms with Crippen LogP contribution in [0.25, 0.3) is 11.1 Å². The summed E-state index contributed by atoms with van der Waals surface area (Å²) in [7, 11) is 0. The SMILES string of the molecule is CCOc1ccc(OC(=O)C2CCC(c3ccc(-c4ccc(C)cc4)c(F)c3F)CC2)cc1F. The Balaban J connectivity index is 1.39. The zero-order chi connectivity index (χ0) is 24.2. The van der Waals surface area contributed by atoms with Crippen LogP contribution in [-0.4, -0.2) is 12.6 Å². The number of halogens is 3. The van der Waals surface area contributed by atoms with E-state index in [0.717, 1.165) is 11.6 Å². The second-order valence-corrected chi connectivity index (χ2v) is 8.69. The fourth-order valence-electron chi connectivity index (χ4n) is 4.49. The molecule has 6 heteroatoms. The summed E-state index contributed by atoms with van der Waals surface area (Å²) in [4.78, 5) is 12.6. The van der Waals surface area contributed by atoms with Crippen molar-refractivity contribution in [1.29, 1.82) is 0 Å². The summed E-state index contributed by atoms with van der Waals surface area (Å²) in [5, 5.41) is 0. The van der Waals surface area contributed by atoms with Gasteiger partial charge in [0.25, 0.3) is 0 Å². The molecule has 0 atom stereocenters. The molecule has 0 saturated heterocycles. The van der Waals surface area contributed by atoms with Crippen molar-refractivity contribution in [2.24, 2.45) is 5.92 Å². The maximum atomic E-state index is 15.0. The maximum Gasteiger partial charge on any atom is 0.314 e. The van der Waals surface area contributed by atoms with E-state index in [0.29, 0.717) is 43.4 Å². The lowest BCUT2D eigenvalue weighted by Gasteiger charge is -2.28. The van der Waals surface area contributed by atoms with Crippen LogP contribution in [-0.2, 0) is 4.79 Å². The molecule has 0 radical (unpaired) electrons. The minimum Gasteiger partial charge on any atom is -0.491 e. The molecule has 0 heterocycles. The molecule has 3 aromatic carbocycles. The van der Waals surface area contributed by atoms with E-state index >= 15 is 0 Å². The average molecular weight is 469 g/mol. The van der Waals surface area contributed by atoms with Crippen LogP contribution < -0.4 is 9.47 Å². The Labute approximate surface area is 197 Å². The molecule has 34 heavy (non-hydrogen) atoms. The number of hydrogen-bond donors (Lipinski definition) is 0. The van der Waals surface area contributed by atoms with Crippen LogP contribution in [0.15, 0.2) is 54.6 Å². The molecular weight excluding hydrogens is 441 g/mol. The number of benzene rings is 3. The van der Waals surface area contributed by atoms with Crippen molar-refractivity contribution < 1.29 is 27.4 Å². The molecule has 0 spiro atoms. The van der Waals surface area contributed by atoms with E-state index in [1.807, 2.05) is 19.1 Å². The van der Waals surface area contributed by atoms with Crippen molar-refractivity contribution in [3.8, 4) is 22.6 Å². The van der Waals surface area contributed by atoms with Gasteiger partial charge < -0.3 is 9.47 Å². The summed E-state index contributed by atoms with van der Waals surface area (Å²) in [6, 6.07) is 14.6. The van der Waals surface area contributed by atoms with Crippen LogP contribution in [0.5, 0.6) is 11.5 Å². The summed E-state index contributed by atoms with van der Waals surface area (Å²) in [6.07, 6.45) is 2.06. The normalized spacial score (nSPS) is 17.9. The third-order valence-corrected chi connectivity index (χ3v) is 6.40. The number of carbonyl (C=O) groups excluding carboxylic acids is 1. The quantitative estimate of drug-likeness (QED) is 0.280. The van der Waals surface area contributed by atoms with Crippen LogP contribution in [0.1, 0.15) is 49.7 Å². The Morgan fingerprint density at radius 3 is 2.26 bits per heavy atom. The molecule has 0 aromatic heterocycles. The first-order valence-electron chi connectivity index (χ1n) is 11.6. The first-order chi connectivity index (χ1) is 16.4. The van der Waals surface area contributed by atoms with Gasteiger partial charge in [-0.05, 0) is 68.7 Å². The van der Waals surface area contributed by atoms with Crippen LogP contribution in [0.3, 0.4) is 0 Å². The van der Waals surface area contributed by atoms with Gasteiger partial charge in [-0.3, -0.25) is 4.79 Å². The van der Waals surface area contributed by atoms with E-state index in [2.05, 4.69) is 0 Å². The minimum absolute atomic E-state index is 0.102. The zero-order valence-corrected chi connectivity index (χ0v) is 19.2. The highest BCUT2D eigenvalue weighted by Gasteiger charge is 2.31. The van der Waals surface area contributed by atoms with Gasteiger partial charge in [0.2, 0.25) is 0 Å². The van der Waals surface area contributed by atoms with Gasteiger partial charge in [-0.1, -0.05) is 42.0 Å². The Bertz CT molecular complexity index is 1170. The smallest absolute Gasteiger partial charge is 0.314 e. The van der Waals surface area contributed by atoms with Gasteiger partial charge in [-0.25, -0.2) is 13.2 Å². The molecule has 4 rings (SSSR count). The average Bonchev–Trinajstić information content (AvgIpc) is 2.83. The van der Waals surface area contributed by atoms with E-state index in [-0.39, 0.29) is 28.9 Å². The molecule has 0 unspecified atom stereocenters. The summed E-state index contributed by atoms with van der Waals surface area (Å²) < 4.78 is 54.4. The molecule has 0 amide bonds. The minimum atomic E-state index is -0.847. The van der Waals surface area contributed by atoms with Crippen LogP contribution in [0.2, 0.25) is 0 Å². The van der Waals surface area contributed by atoms with Gasteiger partial charge in [0, 0.05) is 11.6 Å². The predicted molar refractivity (Wildman–Crippen MR) is 124 cm³/mol. The Morgan fingerprint density at radius 2 is 1.62 bits per heavy atom. The van der Waals surface area contributed by atoms with Gasteiger partial charge in [-0.15, -0.1) is 0 Å². The predicted octanol–water partition coefficient (Wildman–Crippen LogP) is 7.36. The van der Waals surface area contributed by atoms with Gasteiger partial charge >= 0.3 is 5.97 Å². The number of hydrogen-bond acceptors (Lipinski definition) is 3. The fourth-order valence-corrected chi connectivity index (χ4v) is 4.49. The molecular formula is C28H27F3O3. The first kappa shape index (κ1) is 23.9. The highest BCUT2D eigenvalue weighted by Crippen LogP contribution is 2.39. The lowest BCUT2D eigenvalue weighted by atomic mass is 9.78. The molecule has 0 bridgehead atoms. The third-order valence-electron chi connectivity index (χ3n) is 6.40. The Morgan fingerprint density at radius 1 is 0.912 bits per heavy atom. The molecule has 0 N–H and O–H groups in total. The van der Waals surface area contributed by atoms with E-state index in [1.54, 1.807) is 31.2 Å². The molecule has 1 aliphatic carbocycles. The molecule has 1 saturated carbocycles. The highest BCUT2D eigenvalue weighted by molar-refractivity contribution is 5.75. The van der Waals surface area contributed by atoms with E-state index in [9.17, 15) is 18.0 Å². The summed E-state index contributed by atoms with van der Waals surface area (Å²) in [5.41, 5.74) is 2.25. The zero-order valence-electron chi connectivity index (χ0n) is 19.2. The molecule has 3 nitrogen and oxygen atoms in total. The molecule has 1 aliphatic rings. The van der Waals surface area contributed by atoms with Crippen molar-refractivity contribution >= 4 is 5.97 Å². The number of ether oxygens (including phenoxy) is 2. The van der Waals surface area contributed by atoms with Crippen LogP contribution in [0, 0.1) is 30.3 Å². The van der Waals surface area contributed by atoms with Crippen LogP contribution >= 0.6 is 0 Å². The van der Waals surface area contributed by atoms with Crippen molar-refractivity contribution in [3.05, 3.63) is 83.2 Å². The summed E-state index contributed by atoms with van der Waals surface area (Å²) in [5.74, 6) is -3.03. The molecule has 1 fully saturated rings. The fraction of sp³-hybridized carbons (Fsp3) is 0.321. The third kappa shape index (κ3) is 5.11. The largest absolute Gasteiger partial charge is 0.491 e. The highest BCUT2D eigenvalue weighted by atomic mass is 19.2. The van der Waals surface area contributed by atoms with Gasteiger partial charge in [-0.2, -0.15) is 0 Å². The monoisotopic (exact) mass is 468 g/mol. The topological polar surface area (TPSA) is 35.5 Å². The Hall–Kier alpha value is -3.28. The van der Waals surface area contributed by atoms with E-state index < -0.39 is 23.4 Å². The number of rotatable bonds is 6. The van der Waals surface area contributed by atoms with Gasteiger partial charge in [0.1, 0.15) is 5.75 Å². The lowest BCUT2D eigenvalue weighted by molar-refractivity contribution is -0.140. The van der Waals surface area contributed by atoms with Crippen molar-refractivity contribution in [2.75, 3.05) is 6.61 Å². The molecule has 178 valence electrons. The lowest BCUT2D eigenvalue weighted by Crippen LogP contribution is -2.25. The van der Waals surface area contributed by atoms with Crippen molar-refractivity contribution in [3.63, 3.8) is 0 Å². The first-order valence-corrected chi connectivity index (χ1v) is 11.6. The second kappa shape index (κ2) is 10.3. The van der Waals surface area contributed by atoms with Crippen LogP contribution in [0.4, 0.5) is 13.2 Å². The summed E-state index contributed by atoms with van der Waals surface area (Å²) in [6.45, 7) is 4.02. The number of esters is 1. The van der Waals surface area contributed by atoms with Crippen molar-refractivity contribution in [1.82, 2.24) is 0 Å². The summed E-state index contributed by atoms with van der Waals surface area (Å²) >= 11 is 0. The maximum absolute atomic E-state index is 15.0. The van der Waals surface area contributed by atoms with Gasteiger partial charge in [0.15, 0.2) is 23.2 Å². The van der Waals surface area contributed by atoms with Gasteiger partial charge in [0.05, 0.1) is 12.5 Å². The Kier molecular flexibility index (Phi) is 7.25. The second-order valence-electron chi connectivity index (χ2n) is 8.69.